The quantitative estimate of drug-likeness (QED) is 0.540. The Bertz CT molecular complexity index is 976. The Morgan fingerprint density at radius 2 is 1.96 bits per heavy atom. The lowest BCUT2D eigenvalue weighted by atomic mass is 10.1. The normalized spacial score (nSPS) is 12.2. The number of nitro benzene ring substituents is 1. The van der Waals surface area contributed by atoms with E-state index in [1.54, 1.807) is 25.1 Å². The fraction of sp³-hybridized carbons (Fsp3) is 0.167. The minimum Gasteiger partial charge on any atom is -0.378 e. The van der Waals surface area contributed by atoms with Gasteiger partial charge in [-0.25, -0.2) is 13.8 Å². The summed E-state index contributed by atoms with van der Waals surface area (Å²) >= 11 is 0. The zero-order valence-corrected chi connectivity index (χ0v) is 13.6. The third-order valence-electron chi connectivity index (χ3n) is 3.95. The van der Waals surface area contributed by atoms with Gasteiger partial charge in [-0.2, -0.15) is 0 Å². The second-order valence-electron chi connectivity index (χ2n) is 5.79. The van der Waals surface area contributed by atoms with Crippen molar-refractivity contribution in [2.24, 2.45) is 0 Å². The van der Waals surface area contributed by atoms with Crippen LogP contribution in [0.2, 0.25) is 0 Å². The van der Waals surface area contributed by atoms with E-state index >= 15 is 0 Å². The van der Waals surface area contributed by atoms with Gasteiger partial charge in [0.05, 0.1) is 4.92 Å². The second-order valence-corrected chi connectivity index (χ2v) is 5.79. The third kappa shape index (κ3) is 3.26. The maximum absolute atomic E-state index is 14.0. The molecule has 5 nitrogen and oxygen atoms in total. The summed E-state index contributed by atoms with van der Waals surface area (Å²) in [6.07, 6.45) is 0. The van der Waals surface area contributed by atoms with Crippen molar-refractivity contribution in [1.82, 2.24) is 4.98 Å². The van der Waals surface area contributed by atoms with Crippen LogP contribution in [0.3, 0.4) is 0 Å². The molecule has 0 radical (unpaired) electrons. The van der Waals surface area contributed by atoms with Crippen molar-refractivity contribution in [3.05, 3.63) is 75.5 Å². The molecule has 1 atom stereocenters. The molecule has 1 heterocycles. The van der Waals surface area contributed by atoms with Crippen molar-refractivity contribution < 1.29 is 13.7 Å². The summed E-state index contributed by atoms with van der Waals surface area (Å²) in [6.45, 7) is 3.52. The lowest BCUT2D eigenvalue weighted by Crippen LogP contribution is -2.08. The van der Waals surface area contributed by atoms with Crippen LogP contribution in [0.5, 0.6) is 0 Å². The molecule has 0 aliphatic rings. The number of fused-ring (bicyclic) bond motifs is 1. The third-order valence-corrected chi connectivity index (χ3v) is 3.95. The summed E-state index contributed by atoms with van der Waals surface area (Å²) in [7, 11) is 0. The van der Waals surface area contributed by atoms with Crippen molar-refractivity contribution in [2.45, 2.75) is 19.9 Å². The van der Waals surface area contributed by atoms with E-state index < -0.39 is 16.6 Å². The molecule has 3 aromatic rings. The van der Waals surface area contributed by atoms with E-state index in [0.29, 0.717) is 22.3 Å². The van der Waals surface area contributed by atoms with Gasteiger partial charge in [-0.05, 0) is 37.6 Å². The monoisotopic (exact) mass is 343 g/mol. The van der Waals surface area contributed by atoms with E-state index in [0.717, 1.165) is 6.07 Å². The topological polar surface area (TPSA) is 68.1 Å². The summed E-state index contributed by atoms with van der Waals surface area (Å²) in [6, 6.07) is 10.2. The van der Waals surface area contributed by atoms with Crippen LogP contribution in [0.1, 0.15) is 24.2 Å². The Kier molecular flexibility index (Phi) is 4.31. The Balaban J connectivity index is 2.01. The predicted molar refractivity (Wildman–Crippen MR) is 91.5 cm³/mol. The van der Waals surface area contributed by atoms with Gasteiger partial charge in [0.1, 0.15) is 5.52 Å². The highest BCUT2D eigenvalue weighted by Crippen LogP contribution is 2.30. The van der Waals surface area contributed by atoms with Gasteiger partial charge in [0.15, 0.2) is 11.6 Å². The van der Waals surface area contributed by atoms with Crippen molar-refractivity contribution in [1.29, 1.82) is 0 Å². The van der Waals surface area contributed by atoms with E-state index in [1.807, 2.05) is 6.92 Å². The zero-order chi connectivity index (χ0) is 18.1. The van der Waals surface area contributed by atoms with Gasteiger partial charge in [-0.15, -0.1) is 0 Å². The number of non-ortho nitro benzene ring substituents is 1. The Labute approximate surface area is 142 Å². The number of pyridine rings is 1. The van der Waals surface area contributed by atoms with E-state index in [-0.39, 0.29) is 17.2 Å². The number of halogens is 2. The molecule has 0 aliphatic heterocycles. The number of aromatic nitrogens is 1. The molecule has 0 saturated carbocycles. The first kappa shape index (κ1) is 16.8. The number of benzene rings is 2. The van der Waals surface area contributed by atoms with Crippen LogP contribution in [0.4, 0.5) is 20.2 Å². The number of hydrogen-bond acceptors (Lipinski definition) is 4. The van der Waals surface area contributed by atoms with Gasteiger partial charge >= 0.3 is 0 Å². The molecule has 2 aromatic carbocycles. The number of hydrogen-bond donors (Lipinski definition) is 1. The summed E-state index contributed by atoms with van der Waals surface area (Å²) in [4.78, 5) is 14.5. The average Bonchev–Trinajstić information content (AvgIpc) is 2.58. The summed E-state index contributed by atoms with van der Waals surface area (Å²) in [5.74, 6) is -1.95. The number of nitro groups is 1. The number of nitrogens with one attached hydrogen (secondary N) is 1. The molecule has 0 fully saturated rings. The minimum atomic E-state index is -0.993. The van der Waals surface area contributed by atoms with Crippen LogP contribution in [0, 0.1) is 28.7 Å². The molecule has 0 bridgehead atoms. The number of aryl methyl sites for hydroxylation is 1. The van der Waals surface area contributed by atoms with E-state index in [4.69, 9.17) is 0 Å². The molecule has 0 spiro atoms. The lowest BCUT2D eigenvalue weighted by Gasteiger charge is -2.18. The van der Waals surface area contributed by atoms with Gasteiger partial charge in [0.2, 0.25) is 0 Å². The molecular weight excluding hydrogens is 328 g/mol. The average molecular weight is 343 g/mol. The lowest BCUT2D eigenvalue weighted by molar-refractivity contribution is -0.384. The Hall–Kier alpha value is -3.09. The van der Waals surface area contributed by atoms with E-state index in [2.05, 4.69) is 10.3 Å². The minimum absolute atomic E-state index is 0.00460. The van der Waals surface area contributed by atoms with Crippen molar-refractivity contribution in [2.75, 3.05) is 5.32 Å². The molecule has 1 aromatic heterocycles. The SMILES string of the molecule is Cc1cc(NC(C)c2cccc([N+](=O)[O-])c2)c2ccc(F)c(F)c2n1. The van der Waals surface area contributed by atoms with E-state index in [9.17, 15) is 18.9 Å². The van der Waals surface area contributed by atoms with Crippen LogP contribution < -0.4 is 5.32 Å². The fourth-order valence-electron chi connectivity index (χ4n) is 2.71. The highest BCUT2D eigenvalue weighted by Gasteiger charge is 2.15. The molecule has 3 rings (SSSR count). The first-order valence-corrected chi connectivity index (χ1v) is 7.63. The summed E-state index contributed by atoms with van der Waals surface area (Å²) in [5, 5.41) is 14.6. The smallest absolute Gasteiger partial charge is 0.269 e. The van der Waals surface area contributed by atoms with Crippen molar-refractivity contribution >= 4 is 22.3 Å². The molecule has 0 amide bonds. The van der Waals surface area contributed by atoms with Crippen LogP contribution in [0.25, 0.3) is 10.9 Å². The number of nitrogens with zero attached hydrogens (tertiary/aromatic N) is 2. The first-order valence-electron chi connectivity index (χ1n) is 7.63. The van der Waals surface area contributed by atoms with Crippen LogP contribution >= 0.6 is 0 Å². The maximum Gasteiger partial charge on any atom is 0.269 e. The van der Waals surface area contributed by atoms with Gasteiger partial charge in [-0.3, -0.25) is 10.1 Å². The highest BCUT2D eigenvalue weighted by molar-refractivity contribution is 5.92. The number of rotatable bonds is 4. The van der Waals surface area contributed by atoms with Crippen LogP contribution in [-0.4, -0.2) is 9.91 Å². The predicted octanol–water partition coefficient (Wildman–Crippen LogP) is 4.90. The van der Waals surface area contributed by atoms with E-state index in [1.165, 1.54) is 18.2 Å². The molecule has 128 valence electrons. The van der Waals surface area contributed by atoms with Gasteiger partial charge < -0.3 is 5.32 Å². The Morgan fingerprint density at radius 3 is 2.68 bits per heavy atom. The van der Waals surface area contributed by atoms with Crippen LogP contribution in [0.15, 0.2) is 42.5 Å². The Morgan fingerprint density at radius 1 is 1.20 bits per heavy atom. The number of anilines is 1. The molecule has 0 saturated heterocycles. The van der Waals surface area contributed by atoms with Gasteiger partial charge in [-0.1, -0.05) is 12.1 Å². The molecular formula is C18H15F2N3O2. The van der Waals surface area contributed by atoms with Crippen molar-refractivity contribution in [3.63, 3.8) is 0 Å². The van der Waals surface area contributed by atoms with Gasteiger partial charge in [0, 0.05) is 34.9 Å². The maximum atomic E-state index is 14.0. The van der Waals surface area contributed by atoms with Gasteiger partial charge in [0.25, 0.3) is 5.69 Å². The summed E-state index contributed by atoms with van der Waals surface area (Å²) in [5.41, 5.74) is 1.77. The van der Waals surface area contributed by atoms with Crippen LogP contribution in [-0.2, 0) is 0 Å². The molecule has 0 aliphatic carbocycles. The first-order chi connectivity index (χ1) is 11.9. The fourth-order valence-corrected chi connectivity index (χ4v) is 2.71. The largest absolute Gasteiger partial charge is 0.378 e. The zero-order valence-electron chi connectivity index (χ0n) is 13.6. The highest BCUT2D eigenvalue weighted by atomic mass is 19.2. The standard InChI is InChI=1S/C18H15F2N3O2/c1-10-8-16(14-6-7-15(19)17(20)18(14)21-10)22-11(2)12-4-3-5-13(9-12)23(24)25/h3-9,11H,1-2H3,(H,21,22). The second kappa shape index (κ2) is 6.43. The summed E-state index contributed by atoms with van der Waals surface area (Å²) < 4.78 is 27.5. The van der Waals surface area contributed by atoms with Crippen molar-refractivity contribution in [3.8, 4) is 0 Å². The molecule has 7 heteroatoms. The molecule has 1 N–H and O–H groups in total. The molecule has 25 heavy (non-hydrogen) atoms. The molecule has 1 unspecified atom stereocenters.